The van der Waals surface area contributed by atoms with Crippen LogP contribution in [0.25, 0.3) is 0 Å². The zero-order valence-electron chi connectivity index (χ0n) is 29.2. The quantitative estimate of drug-likeness (QED) is 0.186. The molecule has 0 saturated carbocycles. The molecule has 2 fully saturated rings. The Morgan fingerprint density at radius 1 is 0.765 bits per heavy atom. The van der Waals surface area contributed by atoms with Crippen molar-refractivity contribution in [1.82, 2.24) is 0 Å². The van der Waals surface area contributed by atoms with Crippen LogP contribution < -0.4 is 0 Å². The second-order valence-electron chi connectivity index (χ2n) is 11.9. The summed E-state index contributed by atoms with van der Waals surface area (Å²) in [6.07, 6.45) is -11.0. The van der Waals surface area contributed by atoms with Gasteiger partial charge in [0.05, 0.1) is 19.8 Å². The molecule has 0 amide bonds. The molecule has 0 bridgehead atoms. The molecule has 0 unspecified atom stereocenters. The van der Waals surface area contributed by atoms with Gasteiger partial charge in [-0.2, -0.15) is 0 Å². The third-order valence-corrected chi connectivity index (χ3v) is 8.91. The predicted molar refractivity (Wildman–Crippen MR) is 181 cm³/mol. The first-order valence-electron chi connectivity index (χ1n) is 16.6. The highest BCUT2D eigenvalue weighted by atomic mass is 32.2. The van der Waals surface area contributed by atoms with Crippen LogP contribution in [0.1, 0.15) is 45.7 Å². The summed E-state index contributed by atoms with van der Waals surface area (Å²) in [7, 11) is 0. The fourth-order valence-corrected chi connectivity index (χ4v) is 6.69. The Hall–Kier alpha value is -3.57. The van der Waals surface area contributed by atoms with Gasteiger partial charge < -0.3 is 47.7 Å². The average molecular weight is 735 g/mol. The molecular weight excluding hydrogens is 688 g/mol. The van der Waals surface area contributed by atoms with Gasteiger partial charge in [-0.15, -0.1) is 11.8 Å². The number of hydrogen-bond donors (Lipinski definition) is 1. The largest absolute Gasteiger partial charge is 0.462 e. The van der Waals surface area contributed by atoms with Crippen molar-refractivity contribution in [3.05, 3.63) is 71.8 Å². The van der Waals surface area contributed by atoms with E-state index >= 15 is 0 Å². The maximum absolute atomic E-state index is 12.4. The number of rotatable bonds is 17. The monoisotopic (exact) mass is 734 g/mol. The first-order chi connectivity index (χ1) is 24.5. The Morgan fingerprint density at radius 3 is 1.94 bits per heavy atom. The van der Waals surface area contributed by atoms with Crippen molar-refractivity contribution in [2.24, 2.45) is 0 Å². The number of thioether (sulfide) groups is 1. The summed E-state index contributed by atoms with van der Waals surface area (Å²) >= 11 is 1.35. The van der Waals surface area contributed by atoms with Crippen LogP contribution in [0.4, 0.5) is 0 Å². The first kappa shape index (κ1) is 40.2. The molecular formula is C36H46O14S. The summed E-state index contributed by atoms with van der Waals surface area (Å²) < 4.78 is 53.4. The van der Waals surface area contributed by atoms with E-state index in [1.165, 1.54) is 18.7 Å². The molecule has 1 N–H and O–H groups in total. The van der Waals surface area contributed by atoms with E-state index in [0.717, 1.165) is 31.9 Å². The number of hydrogen-bond acceptors (Lipinski definition) is 15. The van der Waals surface area contributed by atoms with Crippen molar-refractivity contribution in [2.45, 2.75) is 108 Å². The molecule has 0 aliphatic carbocycles. The van der Waals surface area contributed by atoms with Gasteiger partial charge in [0.1, 0.15) is 42.6 Å². The van der Waals surface area contributed by atoms with Gasteiger partial charge in [-0.25, -0.2) is 0 Å². The smallest absolute Gasteiger partial charge is 0.303 e. The van der Waals surface area contributed by atoms with Gasteiger partial charge in [-0.1, -0.05) is 67.6 Å². The zero-order valence-corrected chi connectivity index (χ0v) is 30.1. The minimum Gasteiger partial charge on any atom is -0.462 e. The fourth-order valence-electron chi connectivity index (χ4n) is 5.78. The standard InChI is InChI=1S/C36H46O14S/c1-6-51-36-29(41)32(30(44-18-26-15-11-8-12-16-26)27(48-36)19-42-17-25-13-9-7-10-14-25)50-35-34(47-24(5)40)33(46-23(4)39)31(49-35)28(45-22(3)38)20-43-21(2)37/h7-16,27-36,41H,6,17-20H2,1-5H3/t27-,28-,29+,30-,31+,32-,33+,34-,35+,36-/m1/s1. The maximum Gasteiger partial charge on any atom is 0.303 e. The maximum atomic E-state index is 12.4. The van der Waals surface area contributed by atoms with E-state index in [0.29, 0.717) is 5.75 Å². The third kappa shape index (κ3) is 12.0. The highest BCUT2D eigenvalue weighted by molar-refractivity contribution is 7.99. The van der Waals surface area contributed by atoms with E-state index < -0.39 is 91.0 Å². The van der Waals surface area contributed by atoms with Crippen molar-refractivity contribution >= 4 is 35.6 Å². The molecule has 2 aliphatic heterocycles. The van der Waals surface area contributed by atoms with Crippen LogP contribution in [0.15, 0.2) is 60.7 Å². The summed E-state index contributed by atoms with van der Waals surface area (Å²) in [6, 6.07) is 19.0. The summed E-state index contributed by atoms with van der Waals surface area (Å²) in [5, 5.41) is 11.8. The van der Waals surface area contributed by atoms with Crippen LogP contribution in [0, 0.1) is 0 Å². The zero-order chi connectivity index (χ0) is 36.9. The van der Waals surface area contributed by atoms with Crippen LogP contribution in [0.2, 0.25) is 0 Å². The van der Waals surface area contributed by atoms with Crippen molar-refractivity contribution < 1.29 is 66.9 Å². The summed E-state index contributed by atoms with van der Waals surface area (Å²) in [4.78, 5) is 48.5. The van der Waals surface area contributed by atoms with Crippen molar-refractivity contribution in [3.63, 3.8) is 0 Å². The molecule has 15 heteroatoms. The molecule has 10 atom stereocenters. The van der Waals surface area contributed by atoms with Gasteiger partial charge in [0.25, 0.3) is 0 Å². The Labute approximate surface area is 301 Å². The molecule has 2 saturated heterocycles. The van der Waals surface area contributed by atoms with E-state index in [9.17, 15) is 24.3 Å². The molecule has 0 aromatic heterocycles. The number of ether oxygens (including phenoxy) is 9. The number of aliphatic hydroxyl groups excluding tert-OH is 1. The molecule has 2 aromatic carbocycles. The second-order valence-corrected chi connectivity index (χ2v) is 13.3. The van der Waals surface area contributed by atoms with Crippen molar-refractivity contribution in [3.8, 4) is 0 Å². The molecule has 0 spiro atoms. The third-order valence-electron chi connectivity index (χ3n) is 7.86. The molecule has 51 heavy (non-hydrogen) atoms. The van der Waals surface area contributed by atoms with Gasteiger partial charge in [-0.3, -0.25) is 19.2 Å². The van der Waals surface area contributed by atoms with Gasteiger partial charge in [0.15, 0.2) is 24.6 Å². The average Bonchev–Trinajstić information content (AvgIpc) is 3.40. The van der Waals surface area contributed by atoms with Gasteiger partial charge in [0, 0.05) is 27.7 Å². The van der Waals surface area contributed by atoms with Crippen molar-refractivity contribution in [1.29, 1.82) is 0 Å². The van der Waals surface area contributed by atoms with E-state index in [1.807, 2.05) is 67.6 Å². The number of esters is 4. The molecule has 0 radical (unpaired) electrons. The fraction of sp³-hybridized carbons (Fsp3) is 0.556. The van der Waals surface area contributed by atoms with Crippen LogP contribution in [-0.4, -0.2) is 109 Å². The normalized spacial score (nSPS) is 28.0. The SMILES string of the molecule is CCS[C@H]1O[C@H](COCc2ccccc2)[C@@H](OCc2ccccc2)[C@H](O[C@@H]2O[C@@H]([C@@H](COC(C)=O)OC(C)=O)[C@H](OC(C)=O)[C@H]2OC(C)=O)[C@@H]1O. The first-order valence-corrected chi connectivity index (χ1v) is 17.7. The van der Waals surface area contributed by atoms with Crippen LogP contribution >= 0.6 is 11.8 Å². The van der Waals surface area contributed by atoms with Crippen molar-refractivity contribution in [2.75, 3.05) is 19.0 Å². The number of benzene rings is 2. The van der Waals surface area contributed by atoms with E-state index in [4.69, 9.17) is 42.6 Å². The highest BCUT2D eigenvalue weighted by Crippen LogP contribution is 2.37. The minimum absolute atomic E-state index is 0.0657. The Balaban J connectivity index is 1.69. The number of carbonyl (C=O) groups excluding carboxylic acids is 4. The lowest BCUT2D eigenvalue weighted by Crippen LogP contribution is -2.61. The van der Waals surface area contributed by atoms with Gasteiger partial charge >= 0.3 is 23.9 Å². The lowest BCUT2D eigenvalue weighted by Gasteiger charge is -2.45. The van der Waals surface area contributed by atoms with Crippen LogP contribution in [0.3, 0.4) is 0 Å². The van der Waals surface area contributed by atoms with E-state index in [2.05, 4.69) is 0 Å². The minimum atomic E-state index is -1.49. The summed E-state index contributed by atoms with van der Waals surface area (Å²) in [5.41, 5.74) is 1.01. The summed E-state index contributed by atoms with van der Waals surface area (Å²) in [6.45, 7) is 6.54. The highest BCUT2D eigenvalue weighted by Gasteiger charge is 2.57. The van der Waals surface area contributed by atoms with E-state index in [-0.39, 0.29) is 19.8 Å². The molecule has 2 aliphatic rings. The second kappa shape index (κ2) is 19.9. The Kier molecular flexibility index (Phi) is 15.7. The lowest BCUT2D eigenvalue weighted by atomic mass is 9.99. The van der Waals surface area contributed by atoms with Gasteiger partial charge in [0.2, 0.25) is 0 Å². The molecule has 280 valence electrons. The van der Waals surface area contributed by atoms with Crippen LogP contribution in [0.5, 0.6) is 0 Å². The topological polar surface area (TPSA) is 172 Å². The number of aliphatic hydroxyl groups is 1. The predicted octanol–water partition coefficient (Wildman–Crippen LogP) is 3.10. The Morgan fingerprint density at radius 2 is 1.37 bits per heavy atom. The lowest BCUT2D eigenvalue weighted by molar-refractivity contribution is -0.289. The molecule has 14 nitrogen and oxygen atoms in total. The molecule has 2 heterocycles. The summed E-state index contributed by atoms with van der Waals surface area (Å²) in [5.74, 6) is -2.32. The molecule has 2 aromatic rings. The number of carbonyl (C=O) groups is 4. The molecule has 4 rings (SSSR count). The van der Waals surface area contributed by atoms with E-state index in [1.54, 1.807) is 0 Å². The van der Waals surface area contributed by atoms with Crippen LogP contribution in [-0.2, 0) is 75.0 Å². The van der Waals surface area contributed by atoms with Gasteiger partial charge in [-0.05, 0) is 16.9 Å². The Bertz CT molecular complexity index is 1410.